The largest absolute Gasteiger partial charge is 0.350 e. The van der Waals surface area contributed by atoms with E-state index < -0.39 is 21.6 Å². The number of nitrogens with zero attached hydrogens (tertiary/aromatic N) is 2. The molecule has 0 aliphatic rings. The number of carbonyl (C=O) groups excluding carboxylic acids is 2. The van der Waals surface area contributed by atoms with Crippen LogP contribution in [-0.4, -0.2) is 49.5 Å². The van der Waals surface area contributed by atoms with E-state index >= 15 is 0 Å². The summed E-state index contributed by atoms with van der Waals surface area (Å²) in [5.74, 6) is -0.600. The van der Waals surface area contributed by atoms with E-state index in [1.165, 1.54) is 9.21 Å². The average molecular weight is 605 g/mol. The highest BCUT2D eigenvalue weighted by Gasteiger charge is 2.31. The maximum absolute atomic E-state index is 13.6. The summed E-state index contributed by atoms with van der Waals surface area (Å²) >= 11 is 19.0. The smallest absolute Gasteiger partial charge is 0.243 e. The zero-order valence-corrected chi connectivity index (χ0v) is 25.7. The molecule has 210 valence electrons. The maximum atomic E-state index is 13.6. The lowest BCUT2D eigenvalue weighted by Crippen LogP contribution is -2.53. The van der Waals surface area contributed by atoms with Crippen LogP contribution >= 0.6 is 34.8 Å². The molecular weight excluding hydrogens is 569 g/mol. The number of anilines is 1. The molecule has 0 aromatic heterocycles. The van der Waals surface area contributed by atoms with Crippen LogP contribution in [0.3, 0.4) is 0 Å². The molecule has 0 bridgehead atoms. The van der Waals surface area contributed by atoms with Crippen LogP contribution in [0.15, 0.2) is 36.4 Å². The molecule has 2 aromatic carbocycles. The molecule has 11 heteroatoms. The van der Waals surface area contributed by atoms with E-state index in [4.69, 9.17) is 34.8 Å². The van der Waals surface area contributed by atoms with Crippen molar-refractivity contribution in [2.75, 3.05) is 17.1 Å². The molecule has 0 radical (unpaired) electrons. The monoisotopic (exact) mass is 603 g/mol. The second-order valence-electron chi connectivity index (χ2n) is 10.2. The van der Waals surface area contributed by atoms with Gasteiger partial charge in [0.25, 0.3) is 0 Å². The van der Waals surface area contributed by atoms with E-state index in [0.717, 1.165) is 6.26 Å². The highest BCUT2D eigenvalue weighted by molar-refractivity contribution is 7.92. The van der Waals surface area contributed by atoms with Crippen LogP contribution < -0.4 is 9.62 Å². The van der Waals surface area contributed by atoms with Crippen LogP contribution in [0.5, 0.6) is 0 Å². The molecule has 1 atom stereocenters. The Labute approximate surface area is 241 Å². The van der Waals surface area contributed by atoms with Gasteiger partial charge in [-0.05, 0) is 70.4 Å². The molecule has 1 N–H and O–H groups in total. The Bertz CT molecular complexity index is 1240. The Balaban J connectivity index is 2.33. The van der Waals surface area contributed by atoms with Gasteiger partial charge in [-0.25, -0.2) is 8.42 Å². The zero-order valence-electron chi connectivity index (χ0n) is 22.6. The number of benzene rings is 2. The SMILES string of the molecule is CCC(C(=O)NC(C)(C)C)N(Cc1c(Cl)cccc1Cl)C(=O)CCCN(c1cccc(Cl)c1C)S(C)(=O)=O. The quantitative estimate of drug-likeness (QED) is 0.330. The zero-order chi connectivity index (χ0) is 28.8. The fourth-order valence-corrected chi connectivity index (χ4v) is 5.78. The van der Waals surface area contributed by atoms with Gasteiger partial charge >= 0.3 is 0 Å². The minimum atomic E-state index is -3.64. The summed E-state index contributed by atoms with van der Waals surface area (Å²) in [5, 5.41) is 4.18. The van der Waals surface area contributed by atoms with E-state index in [1.807, 2.05) is 27.7 Å². The highest BCUT2D eigenvalue weighted by Crippen LogP contribution is 2.30. The number of rotatable bonds is 11. The lowest BCUT2D eigenvalue weighted by molar-refractivity contribution is -0.142. The Morgan fingerprint density at radius 3 is 2.08 bits per heavy atom. The van der Waals surface area contributed by atoms with Crippen molar-refractivity contribution in [3.05, 3.63) is 62.6 Å². The molecule has 38 heavy (non-hydrogen) atoms. The predicted octanol–water partition coefficient (Wildman–Crippen LogP) is 6.22. The third-order valence-corrected chi connectivity index (χ3v) is 8.23. The standard InChI is InChI=1S/C27H36Cl3N3O4S/c1-7-23(26(35)31-27(3,4)5)32(17-19-21(29)12-8-13-22(19)30)25(34)15-10-16-33(38(6,36)37)24-14-9-11-20(28)18(24)2/h8-9,11-14,23H,7,10,15-17H2,1-6H3,(H,31,35). The molecule has 0 spiro atoms. The number of amides is 2. The molecule has 0 saturated heterocycles. The lowest BCUT2D eigenvalue weighted by atomic mass is 10.0. The second kappa shape index (κ2) is 13.4. The topological polar surface area (TPSA) is 86.8 Å². The summed E-state index contributed by atoms with van der Waals surface area (Å²) in [6.07, 6.45) is 1.71. The van der Waals surface area contributed by atoms with E-state index in [0.29, 0.717) is 38.3 Å². The first kappa shape index (κ1) is 32.2. The summed E-state index contributed by atoms with van der Waals surface area (Å²) in [6.45, 7) is 9.28. The molecule has 0 fully saturated rings. The van der Waals surface area contributed by atoms with Gasteiger partial charge in [0.2, 0.25) is 21.8 Å². The van der Waals surface area contributed by atoms with Crippen molar-refractivity contribution in [1.29, 1.82) is 0 Å². The molecule has 0 aliphatic carbocycles. The molecular formula is C27H36Cl3N3O4S. The van der Waals surface area contributed by atoms with E-state index in [-0.39, 0.29) is 37.7 Å². The van der Waals surface area contributed by atoms with Crippen molar-refractivity contribution in [2.45, 2.75) is 72.0 Å². The summed E-state index contributed by atoms with van der Waals surface area (Å²) < 4.78 is 26.5. The van der Waals surface area contributed by atoms with Gasteiger partial charge in [0, 0.05) is 45.7 Å². The molecule has 7 nitrogen and oxygen atoms in total. The first-order valence-corrected chi connectivity index (χ1v) is 15.3. The fraction of sp³-hybridized carbons (Fsp3) is 0.481. The Hall–Kier alpha value is -2.00. The van der Waals surface area contributed by atoms with Crippen molar-refractivity contribution < 1.29 is 18.0 Å². The summed E-state index contributed by atoms with van der Waals surface area (Å²) in [5.41, 5.74) is 1.14. The van der Waals surface area contributed by atoms with Gasteiger partial charge in [0.15, 0.2) is 0 Å². The first-order chi connectivity index (χ1) is 17.6. The van der Waals surface area contributed by atoms with Crippen molar-refractivity contribution in [3.63, 3.8) is 0 Å². The van der Waals surface area contributed by atoms with Crippen LogP contribution in [0.25, 0.3) is 0 Å². The van der Waals surface area contributed by atoms with Gasteiger partial charge in [-0.1, -0.05) is 53.9 Å². The molecule has 2 aromatic rings. The van der Waals surface area contributed by atoms with Crippen LogP contribution in [0.4, 0.5) is 5.69 Å². The first-order valence-electron chi connectivity index (χ1n) is 12.3. The maximum Gasteiger partial charge on any atom is 0.243 e. The van der Waals surface area contributed by atoms with Gasteiger partial charge < -0.3 is 10.2 Å². The van der Waals surface area contributed by atoms with Gasteiger partial charge in [-0.15, -0.1) is 0 Å². The lowest BCUT2D eigenvalue weighted by Gasteiger charge is -2.33. The van der Waals surface area contributed by atoms with Crippen LogP contribution in [0, 0.1) is 6.92 Å². The normalized spacial score (nSPS) is 12.7. The minimum Gasteiger partial charge on any atom is -0.350 e. The average Bonchev–Trinajstić information content (AvgIpc) is 2.78. The van der Waals surface area contributed by atoms with Crippen molar-refractivity contribution >= 4 is 62.3 Å². The van der Waals surface area contributed by atoms with Crippen molar-refractivity contribution in [2.24, 2.45) is 0 Å². The number of hydrogen-bond donors (Lipinski definition) is 1. The fourth-order valence-electron chi connectivity index (χ4n) is 4.07. The predicted molar refractivity (Wildman–Crippen MR) is 157 cm³/mol. The summed E-state index contributed by atoms with van der Waals surface area (Å²) in [6, 6.07) is 9.35. The molecule has 2 amide bonds. The highest BCUT2D eigenvalue weighted by atomic mass is 35.5. The molecule has 0 heterocycles. The van der Waals surface area contributed by atoms with Crippen LogP contribution in [0.2, 0.25) is 15.1 Å². The number of carbonyl (C=O) groups is 2. The van der Waals surface area contributed by atoms with Crippen LogP contribution in [0.1, 0.15) is 58.1 Å². The second-order valence-corrected chi connectivity index (χ2v) is 13.3. The molecule has 1 unspecified atom stereocenters. The van der Waals surface area contributed by atoms with Gasteiger partial charge in [-0.3, -0.25) is 13.9 Å². The number of halogens is 3. The van der Waals surface area contributed by atoms with Gasteiger partial charge in [0.05, 0.1) is 11.9 Å². The molecule has 0 aliphatic heterocycles. The van der Waals surface area contributed by atoms with E-state index in [2.05, 4.69) is 5.32 Å². The van der Waals surface area contributed by atoms with Crippen molar-refractivity contribution in [3.8, 4) is 0 Å². The molecule has 2 rings (SSSR count). The summed E-state index contributed by atoms with van der Waals surface area (Å²) in [4.78, 5) is 28.3. The van der Waals surface area contributed by atoms with E-state index in [9.17, 15) is 18.0 Å². The minimum absolute atomic E-state index is 0.00695. The van der Waals surface area contributed by atoms with E-state index in [1.54, 1.807) is 43.3 Å². The Morgan fingerprint density at radius 2 is 1.55 bits per heavy atom. The number of hydrogen-bond acceptors (Lipinski definition) is 4. The Kier molecular flexibility index (Phi) is 11.3. The Morgan fingerprint density at radius 1 is 1.00 bits per heavy atom. The molecule has 0 saturated carbocycles. The van der Waals surface area contributed by atoms with Crippen LogP contribution in [-0.2, 0) is 26.2 Å². The number of sulfonamides is 1. The van der Waals surface area contributed by atoms with Gasteiger partial charge in [0.1, 0.15) is 6.04 Å². The third kappa shape index (κ3) is 8.76. The third-order valence-electron chi connectivity index (χ3n) is 5.93. The van der Waals surface area contributed by atoms with Crippen molar-refractivity contribution in [1.82, 2.24) is 10.2 Å². The van der Waals surface area contributed by atoms with Gasteiger partial charge in [-0.2, -0.15) is 0 Å². The number of nitrogens with one attached hydrogen (secondary N) is 1. The summed E-state index contributed by atoms with van der Waals surface area (Å²) in [7, 11) is -3.64.